The lowest BCUT2D eigenvalue weighted by Crippen LogP contribution is -2.18. The van der Waals surface area contributed by atoms with Crippen molar-refractivity contribution < 1.29 is 4.79 Å². The Kier molecular flexibility index (Phi) is 6.18. The van der Waals surface area contributed by atoms with E-state index in [1.165, 1.54) is 0 Å². The van der Waals surface area contributed by atoms with Crippen molar-refractivity contribution in [1.82, 2.24) is 15.0 Å². The summed E-state index contributed by atoms with van der Waals surface area (Å²) in [5.74, 6) is 0.226. The minimum Gasteiger partial charge on any atom is -0.372 e. The van der Waals surface area contributed by atoms with Gasteiger partial charge in [-0.1, -0.05) is 17.7 Å². The van der Waals surface area contributed by atoms with E-state index in [-0.39, 0.29) is 11.6 Å². The van der Waals surface area contributed by atoms with Crippen LogP contribution in [-0.4, -0.2) is 27.9 Å². The van der Waals surface area contributed by atoms with Gasteiger partial charge < -0.3 is 10.6 Å². The lowest BCUT2D eigenvalue weighted by molar-refractivity contribution is 0.102. The predicted octanol–water partition coefficient (Wildman–Crippen LogP) is 5.75. The number of hydrogen-bond donors (Lipinski definition) is 2. The standard InChI is InChI=1S/C26H23ClN6O/c1-15-5-6-19(33-25(34)21-10-18(7-8-30-21)26(2,3)14-28)11-20(15)16-9-17-13-32-24(29-4)22(27)23(17)31-12-16/h5-13H,1-4H3,(H,29,32)(H,33,34). The molecule has 8 heteroatoms. The van der Waals surface area contributed by atoms with E-state index >= 15 is 0 Å². The third-order valence-corrected chi connectivity index (χ3v) is 6.06. The summed E-state index contributed by atoms with van der Waals surface area (Å²) in [6.45, 7) is 5.60. The number of nitriles is 1. The minimum atomic E-state index is -0.718. The van der Waals surface area contributed by atoms with Crippen LogP contribution in [0.15, 0.2) is 55.0 Å². The molecule has 7 nitrogen and oxygen atoms in total. The highest BCUT2D eigenvalue weighted by molar-refractivity contribution is 6.37. The van der Waals surface area contributed by atoms with Crippen molar-refractivity contribution in [2.45, 2.75) is 26.2 Å². The van der Waals surface area contributed by atoms with E-state index in [0.717, 1.165) is 27.6 Å². The molecule has 3 aromatic heterocycles. The number of aromatic nitrogens is 3. The first-order valence-corrected chi connectivity index (χ1v) is 11.0. The molecular formula is C26H23ClN6O. The summed E-state index contributed by atoms with van der Waals surface area (Å²) < 4.78 is 0. The number of anilines is 2. The predicted molar refractivity (Wildman–Crippen MR) is 135 cm³/mol. The number of carbonyl (C=O) groups excluding carboxylic acids is 1. The van der Waals surface area contributed by atoms with Gasteiger partial charge in [0.05, 0.1) is 17.0 Å². The van der Waals surface area contributed by atoms with Crippen LogP contribution in [0.1, 0.15) is 35.5 Å². The summed E-state index contributed by atoms with van der Waals surface area (Å²) in [4.78, 5) is 26.0. The molecule has 1 aromatic carbocycles. The Morgan fingerprint density at radius 1 is 1.09 bits per heavy atom. The van der Waals surface area contributed by atoms with Gasteiger partial charge in [0, 0.05) is 42.3 Å². The first-order valence-electron chi connectivity index (χ1n) is 10.7. The maximum Gasteiger partial charge on any atom is 0.274 e. The zero-order valence-electron chi connectivity index (χ0n) is 19.3. The van der Waals surface area contributed by atoms with Crippen LogP contribution < -0.4 is 10.6 Å². The second kappa shape index (κ2) is 9.08. The van der Waals surface area contributed by atoms with E-state index in [2.05, 4.69) is 31.7 Å². The van der Waals surface area contributed by atoms with Crippen LogP contribution in [0.5, 0.6) is 0 Å². The Bertz CT molecular complexity index is 1460. The van der Waals surface area contributed by atoms with Crippen molar-refractivity contribution in [3.63, 3.8) is 0 Å². The van der Waals surface area contributed by atoms with Crippen LogP contribution in [0, 0.1) is 18.3 Å². The van der Waals surface area contributed by atoms with E-state index in [1.807, 2.05) is 31.2 Å². The maximum absolute atomic E-state index is 12.9. The zero-order chi connectivity index (χ0) is 24.5. The zero-order valence-corrected chi connectivity index (χ0v) is 20.0. The summed E-state index contributed by atoms with van der Waals surface area (Å²) in [7, 11) is 1.76. The van der Waals surface area contributed by atoms with E-state index in [4.69, 9.17) is 11.6 Å². The number of nitrogens with one attached hydrogen (secondary N) is 2. The number of hydrogen-bond acceptors (Lipinski definition) is 6. The highest BCUT2D eigenvalue weighted by atomic mass is 35.5. The number of amides is 1. The van der Waals surface area contributed by atoms with Crippen molar-refractivity contribution in [3.8, 4) is 17.2 Å². The summed E-state index contributed by atoms with van der Waals surface area (Å²) in [5.41, 5.74) is 4.38. The summed E-state index contributed by atoms with van der Waals surface area (Å²) in [5, 5.41) is 16.5. The first kappa shape index (κ1) is 23.1. The second-order valence-corrected chi connectivity index (χ2v) is 8.86. The van der Waals surface area contributed by atoms with E-state index < -0.39 is 5.41 Å². The lowest BCUT2D eigenvalue weighted by atomic mass is 9.86. The Morgan fingerprint density at radius 2 is 1.88 bits per heavy atom. The van der Waals surface area contributed by atoms with Crippen molar-refractivity contribution in [2.24, 2.45) is 0 Å². The van der Waals surface area contributed by atoms with Gasteiger partial charge in [-0.15, -0.1) is 0 Å². The maximum atomic E-state index is 12.9. The Morgan fingerprint density at radius 3 is 2.62 bits per heavy atom. The van der Waals surface area contributed by atoms with Crippen molar-refractivity contribution in [1.29, 1.82) is 5.26 Å². The average Bonchev–Trinajstić information content (AvgIpc) is 2.85. The number of halogens is 1. The molecule has 0 aliphatic carbocycles. The quantitative estimate of drug-likeness (QED) is 0.385. The lowest BCUT2D eigenvalue weighted by Gasteiger charge is -2.16. The number of aryl methyl sites for hydroxylation is 1. The fourth-order valence-corrected chi connectivity index (χ4v) is 3.90. The molecule has 0 unspecified atom stereocenters. The molecule has 0 fully saturated rings. The fourth-order valence-electron chi connectivity index (χ4n) is 3.60. The van der Waals surface area contributed by atoms with Crippen molar-refractivity contribution in [2.75, 3.05) is 17.7 Å². The monoisotopic (exact) mass is 470 g/mol. The van der Waals surface area contributed by atoms with Gasteiger partial charge in [0.2, 0.25) is 0 Å². The normalized spacial score (nSPS) is 11.2. The molecule has 0 saturated carbocycles. The van der Waals surface area contributed by atoms with E-state index in [9.17, 15) is 10.1 Å². The number of fused-ring (bicyclic) bond motifs is 1. The number of carbonyl (C=O) groups is 1. The van der Waals surface area contributed by atoms with E-state index in [0.29, 0.717) is 22.0 Å². The van der Waals surface area contributed by atoms with Gasteiger partial charge in [-0.3, -0.25) is 14.8 Å². The average molecular weight is 471 g/mol. The molecule has 0 bridgehead atoms. The SMILES string of the molecule is CNc1ncc2cc(-c3cc(NC(=O)c4cc(C(C)(C)C#N)ccn4)ccc3C)cnc2c1Cl. The highest BCUT2D eigenvalue weighted by Gasteiger charge is 2.21. The van der Waals surface area contributed by atoms with Crippen LogP contribution in [0.2, 0.25) is 5.02 Å². The van der Waals surface area contributed by atoms with Crippen molar-refractivity contribution >= 4 is 39.9 Å². The molecule has 0 aliphatic rings. The van der Waals surface area contributed by atoms with Gasteiger partial charge in [0.15, 0.2) is 0 Å². The van der Waals surface area contributed by atoms with Gasteiger partial charge in [0.25, 0.3) is 5.91 Å². The van der Waals surface area contributed by atoms with Crippen LogP contribution >= 0.6 is 11.6 Å². The molecule has 4 rings (SSSR count). The summed E-state index contributed by atoms with van der Waals surface area (Å²) in [6.07, 6.45) is 5.03. The first-order chi connectivity index (χ1) is 16.2. The highest BCUT2D eigenvalue weighted by Crippen LogP contribution is 2.32. The summed E-state index contributed by atoms with van der Waals surface area (Å²) in [6, 6.07) is 13.3. The topological polar surface area (TPSA) is 104 Å². The van der Waals surface area contributed by atoms with E-state index in [1.54, 1.807) is 51.6 Å². The number of nitrogens with zero attached hydrogens (tertiary/aromatic N) is 4. The van der Waals surface area contributed by atoms with Gasteiger partial charge in [-0.2, -0.15) is 5.26 Å². The Balaban J connectivity index is 1.65. The largest absolute Gasteiger partial charge is 0.372 e. The van der Waals surface area contributed by atoms with Crippen LogP contribution in [0.3, 0.4) is 0 Å². The molecule has 170 valence electrons. The number of pyridine rings is 3. The molecule has 0 atom stereocenters. The molecular weight excluding hydrogens is 448 g/mol. The minimum absolute atomic E-state index is 0.247. The third kappa shape index (κ3) is 4.41. The molecule has 3 heterocycles. The van der Waals surface area contributed by atoms with Crippen LogP contribution in [-0.2, 0) is 5.41 Å². The molecule has 4 aromatic rings. The molecule has 0 aliphatic heterocycles. The Labute approximate surface area is 202 Å². The number of benzene rings is 1. The molecule has 0 spiro atoms. The second-order valence-electron chi connectivity index (χ2n) is 8.48. The molecule has 1 amide bonds. The molecule has 0 saturated heterocycles. The molecule has 34 heavy (non-hydrogen) atoms. The van der Waals surface area contributed by atoms with Gasteiger partial charge in [-0.05, 0) is 67.8 Å². The Hall–Kier alpha value is -4.02. The number of rotatable bonds is 5. The van der Waals surface area contributed by atoms with Crippen molar-refractivity contribution in [3.05, 3.63) is 76.8 Å². The summed E-state index contributed by atoms with van der Waals surface area (Å²) >= 11 is 6.40. The smallest absolute Gasteiger partial charge is 0.274 e. The third-order valence-electron chi connectivity index (χ3n) is 5.70. The van der Waals surface area contributed by atoms with Crippen LogP contribution in [0.25, 0.3) is 22.0 Å². The van der Waals surface area contributed by atoms with Crippen LogP contribution in [0.4, 0.5) is 11.5 Å². The molecule has 0 radical (unpaired) electrons. The van der Waals surface area contributed by atoms with Gasteiger partial charge >= 0.3 is 0 Å². The molecule has 2 N–H and O–H groups in total. The van der Waals surface area contributed by atoms with Gasteiger partial charge in [-0.25, -0.2) is 4.98 Å². The van der Waals surface area contributed by atoms with Gasteiger partial charge in [0.1, 0.15) is 16.5 Å². The fraction of sp³-hybridized carbons (Fsp3) is 0.192.